The largest absolute Gasteiger partial charge is 0.444 e. The van der Waals surface area contributed by atoms with Crippen LogP contribution >= 0.6 is 15.9 Å². The Morgan fingerprint density at radius 1 is 0.933 bits per heavy atom. The summed E-state index contributed by atoms with van der Waals surface area (Å²) in [5.41, 5.74) is -1.01. The molecule has 0 saturated carbocycles. The van der Waals surface area contributed by atoms with Gasteiger partial charge >= 0.3 is 12.2 Å². The molecule has 1 N–H and O–H groups in total. The lowest BCUT2D eigenvalue weighted by molar-refractivity contribution is -0.0229. The number of halogens is 1. The highest BCUT2D eigenvalue weighted by molar-refractivity contribution is 9.10. The minimum Gasteiger partial charge on any atom is -0.444 e. The molecule has 0 bridgehead atoms. The summed E-state index contributed by atoms with van der Waals surface area (Å²) in [6.45, 7) is 11.6. The molecule has 1 saturated heterocycles. The average Bonchev–Trinajstić information content (AvgIpc) is 2.54. The molecule has 1 fully saturated rings. The molecule has 1 heterocycles. The Hall–Kier alpha value is -2.28. The maximum Gasteiger partial charge on any atom is 0.410 e. The zero-order valence-corrected chi connectivity index (χ0v) is 19.9. The molecule has 6 nitrogen and oxygen atoms in total. The normalized spacial score (nSPS) is 16.0. The molecule has 0 spiro atoms. The molecule has 30 heavy (non-hydrogen) atoms. The van der Waals surface area contributed by atoms with Crippen LogP contribution in [0.5, 0.6) is 0 Å². The van der Waals surface area contributed by atoms with Crippen LogP contribution in [0.3, 0.4) is 0 Å². The van der Waals surface area contributed by atoms with Gasteiger partial charge in [-0.1, -0.05) is 34.1 Å². The molecule has 7 heteroatoms. The van der Waals surface area contributed by atoms with E-state index in [-0.39, 0.29) is 0 Å². The number of nitrogens with zero attached hydrogens (tertiary/aromatic N) is 1. The van der Waals surface area contributed by atoms with Gasteiger partial charge in [-0.3, -0.25) is 0 Å². The van der Waals surface area contributed by atoms with E-state index >= 15 is 0 Å². The van der Waals surface area contributed by atoms with Crippen LogP contribution < -0.4 is 5.32 Å². The number of alkyl carbamates (subject to hydrolysis) is 1. The van der Waals surface area contributed by atoms with E-state index in [1.165, 1.54) is 0 Å². The zero-order chi connectivity index (χ0) is 22.3. The van der Waals surface area contributed by atoms with Crippen LogP contribution in [0.4, 0.5) is 9.59 Å². The number of likely N-dealkylation sites (tertiary alicyclic amines) is 1. The Labute approximate surface area is 186 Å². The summed E-state index contributed by atoms with van der Waals surface area (Å²) in [6, 6.07) is 12.1. The molecule has 162 valence electrons. The third kappa shape index (κ3) is 5.25. The fourth-order valence-corrected chi connectivity index (χ4v) is 3.79. The summed E-state index contributed by atoms with van der Waals surface area (Å²) in [5, 5.41) is 5.15. The summed E-state index contributed by atoms with van der Waals surface area (Å²) < 4.78 is 12.0. The maximum absolute atomic E-state index is 12.6. The van der Waals surface area contributed by atoms with E-state index in [9.17, 15) is 9.59 Å². The number of carbonyl (C=O) groups is 2. The number of fused-ring (bicyclic) bond motifs is 1. The number of carbonyl (C=O) groups excluding carboxylic acids is 2. The van der Waals surface area contributed by atoms with Gasteiger partial charge in [0, 0.05) is 4.47 Å². The van der Waals surface area contributed by atoms with E-state index in [1.54, 1.807) is 4.90 Å². The van der Waals surface area contributed by atoms with Gasteiger partial charge in [-0.2, -0.15) is 0 Å². The van der Waals surface area contributed by atoms with Crippen LogP contribution in [0.15, 0.2) is 40.9 Å². The highest BCUT2D eigenvalue weighted by Crippen LogP contribution is 2.35. The first-order chi connectivity index (χ1) is 13.8. The van der Waals surface area contributed by atoms with Crippen LogP contribution in [-0.2, 0) is 15.0 Å². The number of nitrogens with one attached hydrogen (secondary N) is 1. The highest BCUT2D eigenvalue weighted by Gasteiger charge is 2.49. The Morgan fingerprint density at radius 3 is 2.10 bits per heavy atom. The third-order valence-corrected chi connectivity index (χ3v) is 5.16. The topological polar surface area (TPSA) is 67.9 Å². The average molecular weight is 477 g/mol. The van der Waals surface area contributed by atoms with E-state index in [2.05, 4.69) is 21.2 Å². The standard InChI is InChI=1S/C23H29BrN2O4/c1-21(2,3)29-19(27)25-23(13-26(14-23)20(28)30-22(4,5)6)17-9-7-16-12-18(24)10-8-15(16)11-17/h7-12H,13-14H2,1-6H3,(H,25,27). The fraction of sp³-hybridized carbons (Fsp3) is 0.478. The minimum absolute atomic E-state index is 0.309. The Bertz CT molecular complexity index is 969. The molecular weight excluding hydrogens is 448 g/mol. The van der Waals surface area contributed by atoms with Gasteiger partial charge in [0.2, 0.25) is 0 Å². The first-order valence-corrected chi connectivity index (χ1v) is 10.7. The van der Waals surface area contributed by atoms with E-state index in [4.69, 9.17) is 9.47 Å². The van der Waals surface area contributed by atoms with Crippen molar-refractivity contribution in [1.29, 1.82) is 0 Å². The van der Waals surface area contributed by atoms with Gasteiger partial charge in [0.15, 0.2) is 0 Å². The molecule has 2 aromatic rings. The predicted molar refractivity (Wildman–Crippen MR) is 121 cm³/mol. The lowest BCUT2D eigenvalue weighted by Crippen LogP contribution is -2.69. The van der Waals surface area contributed by atoms with Crippen molar-refractivity contribution < 1.29 is 19.1 Å². The lowest BCUT2D eigenvalue weighted by atomic mass is 9.81. The number of rotatable bonds is 2. The van der Waals surface area contributed by atoms with Crippen LogP contribution in [-0.4, -0.2) is 41.4 Å². The van der Waals surface area contributed by atoms with E-state index < -0.39 is 28.9 Å². The Morgan fingerprint density at radius 2 is 1.50 bits per heavy atom. The van der Waals surface area contributed by atoms with Gasteiger partial charge in [-0.25, -0.2) is 9.59 Å². The number of hydrogen-bond acceptors (Lipinski definition) is 4. The summed E-state index contributed by atoms with van der Waals surface area (Å²) in [7, 11) is 0. The molecule has 3 rings (SSSR count). The molecule has 1 aliphatic heterocycles. The first kappa shape index (κ1) is 22.4. The smallest absolute Gasteiger partial charge is 0.410 e. The van der Waals surface area contributed by atoms with Gasteiger partial charge in [0.05, 0.1) is 13.1 Å². The van der Waals surface area contributed by atoms with Crippen molar-refractivity contribution >= 4 is 38.9 Å². The number of ether oxygens (including phenoxy) is 2. The summed E-state index contributed by atoms with van der Waals surface area (Å²) in [4.78, 5) is 26.7. The Balaban J connectivity index is 1.88. The summed E-state index contributed by atoms with van der Waals surface area (Å²) in [5.74, 6) is 0. The quantitative estimate of drug-likeness (QED) is 0.614. The summed E-state index contributed by atoms with van der Waals surface area (Å²) >= 11 is 3.49. The molecule has 0 aliphatic carbocycles. The van der Waals surface area contributed by atoms with Crippen LogP contribution in [0, 0.1) is 0 Å². The fourth-order valence-electron chi connectivity index (χ4n) is 3.41. The second-order valence-electron chi connectivity index (χ2n) is 9.75. The monoisotopic (exact) mass is 476 g/mol. The van der Waals surface area contributed by atoms with Crippen LogP contribution in [0.1, 0.15) is 47.1 Å². The second kappa shape index (κ2) is 7.76. The van der Waals surface area contributed by atoms with Crippen molar-refractivity contribution in [3.63, 3.8) is 0 Å². The number of benzene rings is 2. The van der Waals surface area contributed by atoms with Crippen molar-refractivity contribution in [2.24, 2.45) is 0 Å². The Kier molecular flexibility index (Phi) is 5.80. The second-order valence-corrected chi connectivity index (χ2v) is 10.7. The minimum atomic E-state index is -0.736. The highest BCUT2D eigenvalue weighted by atomic mass is 79.9. The van der Waals surface area contributed by atoms with Gasteiger partial charge in [-0.05, 0) is 76.1 Å². The van der Waals surface area contributed by atoms with Crippen LogP contribution in [0.25, 0.3) is 10.8 Å². The molecule has 0 unspecified atom stereocenters. The number of amides is 2. The molecule has 0 atom stereocenters. The molecular formula is C23H29BrN2O4. The van der Waals surface area contributed by atoms with E-state index in [1.807, 2.05) is 77.9 Å². The molecule has 2 amide bonds. The van der Waals surface area contributed by atoms with Crippen molar-refractivity contribution in [2.45, 2.75) is 58.3 Å². The zero-order valence-electron chi connectivity index (χ0n) is 18.3. The lowest BCUT2D eigenvalue weighted by Gasteiger charge is -2.50. The van der Waals surface area contributed by atoms with E-state index in [0.29, 0.717) is 13.1 Å². The molecule has 0 aromatic heterocycles. The van der Waals surface area contributed by atoms with Crippen molar-refractivity contribution in [2.75, 3.05) is 13.1 Å². The molecule has 0 radical (unpaired) electrons. The number of hydrogen-bond donors (Lipinski definition) is 1. The molecule has 1 aliphatic rings. The van der Waals surface area contributed by atoms with Crippen molar-refractivity contribution in [1.82, 2.24) is 10.2 Å². The van der Waals surface area contributed by atoms with Gasteiger partial charge < -0.3 is 19.7 Å². The molecule has 2 aromatic carbocycles. The van der Waals surface area contributed by atoms with E-state index in [0.717, 1.165) is 20.8 Å². The summed E-state index contributed by atoms with van der Waals surface area (Å²) in [6.07, 6.45) is -0.906. The van der Waals surface area contributed by atoms with Crippen LogP contribution in [0.2, 0.25) is 0 Å². The first-order valence-electron chi connectivity index (χ1n) is 9.95. The maximum atomic E-state index is 12.6. The van der Waals surface area contributed by atoms with Gasteiger partial charge in [0.1, 0.15) is 16.7 Å². The SMILES string of the molecule is CC(C)(C)OC(=O)NC1(c2ccc3cc(Br)ccc3c2)CN(C(=O)OC(C)(C)C)C1. The predicted octanol–water partition coefficient (Wildman–Crippen LogP) is 5.57. The van der Waals surface area contributed by atoms with Gasteiger partial charge in [-0.15, -0.1) is 0 Å². The third-order valence-electron chi connectivity index (χ3n) is 4.67. The van der Waals surface area contributed by atoms with Crippen molar-refractivity contribution in [3.05, 3.63) is 46.4 Å². The van der Waals surface area contributed by atoms with Crippen molar-refractivity contribution in [3.8, 4) is 0 Å². The van der Waals surface area contributed by atoms with Gasteiger partial charge in [0.25, 0.3) is 0 Å².